The van der Waals surface area contributed by atoms with Crippen LogP contribution in [-0.4, -0.2) is 47.4 Å². The molecule has 3 rings (SSSR count). The van der Waals surface area contributed by atoms with Crippen LogP contribution in [0.3, 0.4) is 0 Å². The van der Waals surface area contributed by atoms with Gasteiger partial charge in [-0.3, -0.25) is 4.90 Å². The van der Waals surface area contributed by atoms with E-state index in [1.165, 1.54) is 16.6 Å². The van der Waals surface area contributed by atoms with Gasteiger partial charge in [-0.15, -0.1) is 0 Å². The second-order valence-electron chi connectivity index (χ2n) is 4.87. The fourth-order valence-electron chi connectivity index (χ4n) is 2.68. The van der Waals surface area contributed by atoms with E-state index in [9.17, 15) is 5.11 Å². The number of nitrogens with zero attached hydrogens (tertiary/aromatic N) is 2. The van der Waals surface area contributed by atoms with Gasteiger partial charge in [-0.2, -0.15) is 0 Å². The van der Waals surface area contributed by atoms with E-state index in [2.05, 4.69) is 39.0 Å². The molecule has 18 heavy (non-hydrogen) atoms. The minimum atomic E-state index is -0.338. The van der Waals surface area contributed by atoms with E-state index in [1.807, 2.05) is 13.1 Å². The molecule has 1 aliphatic rings. The summed E-state index contributed by atoms with van der Waals surface area (Å²) in [6.45, 7) is 5.60. The van der Waals surface area contributed by atoms with Crippen LogP contribution in [0, 0.1) is 0 Å². The first-order valence-corrected chi connectivity index (χ1v) is 6.49. The molecule has 0 spiro atoms. The zero-order chi connectivity index (χ0) is 12.5. The molecule has 1 fully saturated rings. The predicted octanol–water partition coefficient (Wildman–Crippen LogP) is 1.63. The molecule has 2 N–H and O–H groups in total. The van der Waals surface area contributed by atoms with E-state index in [4.69, 9.17) is 0 Å². The van der Waals surface area contributed by atoms with Crippen molar-refractivity contribution in [2.24, 2.45) is 0 Å². The molecule has 1 atom stereocenters. The van der Waals surface area contributed by atoms with Crippen molar-refractivity contribution < 1.29 is 5.11 Å². The van der Waals surface area contributed by atoms with Gasteiger partial charge in [0.1, 0.15) is 6.23 Å². The van der Waals surface area contributed by atoms with Gasteiger partial charge < -0.3 is 15.0 Å². The summed E-state index contributed by atoms with van der Waals surface area (Å²) in [4.78, 5) is 7.75. The zero-order valence-electron chi connectivity index (χ0n) is 10.6. The Morgan fingerprint density at radius 3 is 2.67 bits per heavy atom. The highest BCUT2D eigenvalue weighted by atomic mass is 16.3. The number of fused-ring (bicyclic) bond motifs is 1. The lowest BCUT2D eigenvalue weighted by Crippen LogP contribution is -2.49. The summed E-state index contributed by atoms with van der Waals surface area (Å²) in [6.07, 6.45) is 1.65. The van der Waals surface area contributed by atoms with E-state index in [-0.39, 0.29) is 6.23 Å². The van der Waals surface area contributed by atoms with Gasteiger partial charge in [0.15, 0.2) is 0 Å². The summed E-state index contributed by atoms with van der Waals surface area (Å²) in [7, 11) is 0. The summed E-state index contributed by atoms with van der Waals surface area (Å²) >= 11 is 0. The highest BCUT2D eigenvalue weighted by molar-refractivity contribution is 5.92. The standard InChI is InChI=1S/C14H19N3O/c1-11(18)16-7-9-17(10-8-16)14-4-2-3-13-12(14)5-6-15-13/h2-6,11,15,18H,7-10H2,1H3. The Morgan fingerprint density at radius 1 is 1.17 bits per heavy atom. The summed E-state index contributed by atoms with van der Waals surface area (Å²) in [5, 5.41) is 10.9. The number of hydrogen-bond acceptors (Lipinski definition) is 3. The molecular weight excluding hydrogens is 226 g/mol. The Labute approximate surface area is 107 Å². The third kappa shape index (κ3) is 1.98. The number of aromatic nitrogens is 1. The number of aromatic amines is 1. The van der Waals surface area contributed by atoms with Gasteiger partial charge in [0.05, 0.1) is 0 Å². The quantitative estimate of drug-likeness (QED) is 0.845. The molecule has 0 saturated carbocycles. The first-order valence-electron chi connectivity index (χ1n) is 6.49. The number of nitrogens with one attached hydrogen (secondary N) is 1. The molecule has 4 heteroatoms. The fourth-order valence-corrected chi connectivity index (χ4v) is 2.68. The van der Waals surface area contributed by atoms with Crippen LogP contribution in [0.5, 0.6) is 0 Å². The van der Waals surface area contributed by atoms with Gasteiger partial charge in [0.25, 0.3) is 0 Å². The van der Waals surface area contributed by atoms with E-state index in [0.717, 1.165) is 26.2 Å². The number of hydrogen-bond donors (Lipinski definition) is 2. The van der Waals surface area contributed by atoms with Crippen LogP contribution < -0.4 is 4.90 Å². The number of piperazine rings is 1. The van der Waals surface area contributed by atoms with Crippen molar-refractivity contribution in [1.29, 1.82) is 0 Å². The number of H-pyrrole nitrogens is 1. The first-order chi connectivity index (χ1) is 8.75. The van der Waals surface area contributed by atoms with Crippen LogP contribution in [0.4, 0.5) is 5.69 Å². The van der Waals surface area contributed by atoms with Gasteiger partial charge in [0, 0.05) is 49.0 Å². The maximum absolute atomic E-state index is 9.58. The summed E-state index contributed by atoms with van der Waals surface area (Å²) in [5.74, 6) is 0. The Balaban J connectivity index is 1.82. The fraction of sp³-hybridized carbons (Fsp3) is 0.429. The predicted molar refractivity (Wildman–Crippen MR) is 73.8 cm³/mol. The van der Waals surface area contributed by atoms with Gasteiger partial charge >= 0.3 is 0 Å². The molecule has 1 aliphatic heterocycles. The Kier molecular flexibility index (Phi) is 2.97. The average molecular weight is 245 g/mol. The van der Waals surface area contributed by atoms with Crippen molar-refractivity contribution in [3.05, 3.63) is 30.5 Å². The first kappa shape index (κ1) is 11.6. The Morgan fingerprint density at radius 2 is 1.94 bits per heavy atom. The van der Waals surface area contributed by atoms with Crippen LogP contribution in [0.1, 0.15) is 6.92 Å². The maximum Gasteiger partial charge on any atom is 0.104 e. The van der Waals surface area contributed by atoms with Crippen LogP contribution in [0.15, 0.2) is 30.5 Å². The van der Waals surface area contributed by atoms with Crippen molar-refractivity contribution in [3.63, 3.8) is 0 Å². The smallest absolute Gasteiger partial charge is 0.104 e. The van der Waals surface area contributed by atoms with Crippen LogP contribution in [-0.2, 0) is 0 Å². The average Bonchev–Trinajstić information content (AvgIpc) is 2.87. The van der Waals surface area contributed by atoms with Crippen molar-refractivity contribution in [2.75, 3.05) is 31.1 Å². The number of benzene rings is 1. The topological polar surface area (TPSA) is 42.5 Å². The third-order valence-electron chi connectivity index (χ3n) is 3.76. The molecule has 0 aliphatic carbocycles. The van der Waals surface area contributed by atoms with Crippen molar-refractivity contribution in [2.45, 2.75) is 13.2 Å². The van der Waals surface area contributed by atoms with Crippen molar-refractivity contribution in [1.82, 2.24) is 9.88 Å². The zero-order valence-corrected chi connectivity index (χ0v) is 10.6. The van der Waals surface area contributed by atoms with Gasteiger partial charge in [0.2, 0.25) is 0 Å². The van der Waals surface area contributed by atoms with Crippen LogP contribution in [0.2, 0.25) is 0 Å². The van der Waals surface area contributed by atoms with E-state index < -0.39 is 0 Å². The second kappa shape index (κ2) is 4.63. The minimum Gasteiger partial charge on any atom is -0.379 e. The summed E-state index contributed by atoms with van der Waals surface area (Å²) in [6, 6.07) is 8.50. The van der Waals surface area contributed by atoms with Crippen molar-refractivity contribution in [3.8, 4) is 0 Å². The maximum atomic E-state index is 9.58. The third-order valence-corrected chi connectivity index (χ3v) is 3.76. The number of rotatable bonds is 2. The summed E-state index contributed by atoms with van der Waals surface area (Å²) in [5.41, 5.74) is 2.48. The molecule has 2 heterocycles. The van der Waals surface area contributed by atoms with Gasteiger partial charge in [-0.25, -0.2) is 0 Å². The Hall–Kier alpha value is -1.52. The number of aliphatic hydroxyl groups is 1. The highest BCUT2D eigenvalue weighted by Crippen LogP contribution is 2.26. The lowest BCUT2D eigenvalue weighted by atomic mass is 10.1. The number of aliphatic hydroxyl groups excluding tert-OH is 1. The largest absolute Gasteiger partial charge is 0.379 e. The molecule has 1 aromatic carbocycles. The van der Waals surface area contributed by atoms with Crippen LogP contribution >= 0.6 is 0 Å². The number of anilines is 1. The highest BCUT2D eigenvalue weighted by Gasteiger charge is 2.20. The van der Waals surface area contributed by atoms with Crippen LogP contribution in [0.25, 0.3) is 10.9 Å². The molecule has 0 bridgehead atoms. The van der Waals surface area contributed by atoms with Gasteiger partial charge in [-0.05, 0) is 25.1 Å². The SMILES string of the molecule is CC(O)N1CCN(c2cccc3[nH]ccc23)CC1. The van der Waals surface area contributed by atoms with E-state index in [0.29, 0.717) is 0 Å². The molecule has 2 aromatic rings. The normalized spacial score (nSPS) is 19.3. The van der Waals surface area contributed by atoms with E-state index >= 15 is 0 Å². The minimum absolute atomic E-state index is 0.338. The molecule has 4 nitrogen and oxygen atoms in total. The molecule has 0 radical (unpaired) electrons. The molecule has 1 aromatic heterocycles. The van der Waals surface area contributed by atoms with E-state index in [1.54, 1.807) is 0 Å². The lowest BCUT2D eigenvalue weighted by Gasteiger charge is -2.37. The molecule has 1 saturated heterocycles. The Bertz CT molecular complexity index is 527. The summed E-state index contributed by atoms with van der Waals surface area (Å²) < 4.78 is 0. The molecule has 96 valence electrons. The molecule has 0 amide bonds. The van der Waals surface area contributed by atoms with Crippen molar-refractivity contribution >= 4 is 16.6 Å². The van der Waals surface area contributed by atoms with Gasteiger partial charge in [-0.1, -0.05) is 6.07 Å². The second-order valence-corrected chi connectivity index (χ2v) is 4.87. The molecule has 1 unspecified atom stereocenters. The monoisotopic (exact) mass is 245 g/mol. The molecular formula is C14H19N3O. The lowest BCUT2D eigenvalue weighted by molar-refractivity contribution is 0.0153.